The fourth-order valence-electron chi connectivity index (χ4n) is 3.28. The number of alkyl halides is 3. The molecular weight excluding hydrogens is 395 g/mol. The van der Waals surface area contributed by atoms with Crippen LogP contribution in [0.2, 0.25) is 0 Å². The summed E-state index contributed by atoms with van der Waals surface area (Å²) in [7, 11) is 1.55. The molecule has 6 nitrogen and oxygen atoms in total. The Kier molecular flexibility index (Phi) is 5.83. The van der Waals surface area contributed by atoms with E-state index in [1.54, 1.807) is 25.5 Å². The number of nitrogens with zero attached hydrogens (tertiary/aromatic N) is 4. The molecule has 0 aliphatic heterocycles. The van der Waals surface area contributed by atoms with Crippen molar-refractivity contribution >= 4 is 0 Å². The zero-order chi connectivity index (χ0) is 21.1. The SMILES string of the molecule is Cn1cc(C(F)(F)F)nc1-c1ccc(COCNCc2cncnc2C2CC2)cc1. The minimum Gasteiger partial charge on any atom is -0.362 e. The molecule has 1 aliphatic carbocycles. The molecule has 0 unspecified atom stereocenters. The van der Waals surface area contributed by atoms with Gasteiger partial charge in [0.2, 0.25) is 0 Å². The van der Waals surface area contributed by atoms with Crippen molar-refractivity contribution in [3.8, 4) is 11.4 Å². The van der Waals surface area contributed by atoms with Crippen molar-refractivity contribution in [2.75, 3.05) is 6.73 Å². The lowest BCUT2D eigenvalue weighted by molar-refractivity contribution is -0.140. The molecule has 0 bridgehead atoms. The second-order valence-corrected chi connectivity index (χ2v) is 7.38. The number of hydrogen-bond acceptors (Lipinski definition) is 5. The van der Waals surface area contributed by atoms with Crippen LogP contribution >= 0.6 is 0 Å². The second-order valence-electron chi connectivity index (χ2n) is 7.38. The Morgan fingerprint density at radius 2 is 1.97 bits per heavy atom. The summed E-state index contributed by atoms with van der Waals surface area (Å²) in [4.78, 5) is 12.2. The minimum absolute atomic E-state index is 0.271. The van der Waals surface area contributed by atoms with E-state index in [1.165, 1.54) is 17.4 Å². The van der Waals surface area contributed by atoms with Crippen LogP contribution in [0.4, 0.5) is 13.2 Å². The normalized spacial score (nSPS) is 14.3. The molecule has 1 N–H and O–H groups in total. The van der Waals surface area contributed by atoms with Gasteiger partial charge in [0.1, 0.15) is 12.2 Å². The molecule has 30 heavy (non-hydrogen) atoms. The molecule has 3 aromatic rings. The Hall–Kier alpha value is -2.78. The van der Waals surface area contributed by atoms with Crippen LogP contribution in [0.3, 0.4) is 0 Å². The lowest BCUT2D eigenvalue weighted by atomic mass is 10.1. The first-order valence-corrected chi connectivity index (χ1v) is 9.69. The smallest absolute Gasteiger partial charge is 0.362 e. The number of ether oxygens (including phenoxy) is 1. The van der Waals surface area contributed by atoms with Crippen molar-refractivity contribution in [1.82, 2.24) is 24.8 Å². The topological polar surface area (TPSA) is 64.9 Å². The van der Waals surface area contributed by atoms with Crippen LogP contribution in [-0.2, 0) is 31.1 Å². The van der Waals surface area contributed by atoms with Crippen molar-refractivity contribution in [2.24, 2.45) is 7.05 Å². The molecular formula is C21H22F3N5O. The Morgan fingerprint density at radius 1 is 1.20 bits per heavy atom. The van der Waals surface area contributed by atoms with Crippen LogP contribution in [0.5, 0.6) is 0 Å². The third kappa shape index (κ3) is 4.85. The van der Waals surface area contributed by atoms with Gasteiger partial charge in [-0.2, -0.15) is 13.2 Å². The van der Waals surface area contributed by atoms with Gasteiger partial charge in [0.05, 0.1) is 19.0 Å². The predicted molar refractivity (Wildman–Crippen MR) is 104 cm³/mol. The Balaban J connectivity index is 1.27. The highest BCUT2D eigenvalue weighted by atomic mass is 19.4. The van der Waals surface area contributed by atoms with Crippen molar-refractivity contribution < 1.29 is 17.9 Å². The molecule has 0 saturated heterocycles. The van der Waals surface area contributed by atoms with Crippen molar-refractivity contribution in [1.29, 1.82) is 0 Å². The van der Waals surface area contributed by atoms with Gasteiger partial charge in [0.25, 0.3) is 0 Å². The molecule has 1 aromatic carbocycles. The molecule has 2 aromatic heterocycles. The van der Waals surface area contributed by atoms with E-state index in [9.17, 15) is 13.2 Å². The molecule has 0 spiro atoms. The van der Waals surface area contributed by atoms with Crippen molar-refractivity contribution in [3.05, 3.63) is 65.5 Å². The van der Waals surface area contributed by atoms with Crippen LogP contribution in [-0.4, -0.2) is 26.2 Å². The van der Waals surface area contributed by atoms with Crippen molar-refractivity contribution in [2.45, 2.75) is 38.1 Å². The molecule has 1 saturated carbocycles. The van der Waals surface area contributed by atoms with Gasteiger partial charge in [-0.25, -0.2) is 15.0 Å². The van der Waals surface area contributed by atoms with Gasteiger partial charge in [0.15, 0.2) is 5.69 Å². The van der Waals surface area contributed by atoms with Crippen LogP contribution in [0.1, 0.15) is 41.3 Å². The fraction of sp³-hybridized carbons (Fsp3) is 0.381. The summed E-state index contributed by atoms with van der Waals surface area (Å²) in [5.74, 6) is 0.836. The van der Waals surface area contributed by atoms with Gasteiger partial charge in [-0.15, -0.1) is 0 Å². The molecule has 0 radical (unpaired) electrons. The molecule has 0 amide bonds. The predicted octanol–water partition coefficient (Wildman–Crippen LogP) is 4.04. The van der Waals surface area contributed by atoms with Crippen LogP contribution in [0.15, 0.2) is 43.0 Å². The van der Waals surface area contributed by atoms with Gasteiger partial charge in [0, 0.05) is 43.0 Å². The molecule has 1 aliphatic rings. The third-order valence-corrected chi connectivity index (χ3v) is 4.95. The summed E-state index contributed by atoms with van der Waals surface area (Å²) in [5, 5.41) is 3.23. The Morgan fingerprint density at radius 3 is 2.63 bits per heavy atom. The average molecular weight is 417 g/mol. The first-order chi connectivity index (χ1) is 14.4. The number of imidazole rings is 1. The average Bonchev–Trinajstić information content (AvgIpc) is 3.49. The van der Waals surface area contributed by atoms with Crippen LogP contribution in [0.25, 0.3) is 11.4 Å². The summed E-state index contributed by atoms with van der Waals surface area (Å²) in [6.45, 7) is 1.41. The molecule has 9 heteroatoms. The first-order valence-electron chi connectivity index (χ1n) is 9.69. The summed E-state index contributed by atoms with van der Waals surface area (Å²) >= 11 is 0. The van der Waals surface area contributed by atoms with E-state index >= 15 is 0 Å². The maximum absolute atomic E-state index is 12.8. The summed E-state index contributed by atoms with van der Waals surface area (Å²) in [6, 6.07) is 7.15. The monoisotopic (exact) mass is 417 g/mol. The van der Waals surface area contributed by atoms with E-state index in [1.807, 2.05) is 18.3 Å². The van der Waals surface area contributed by atoms with E-state index in [0.717, 1.165) is 23.0 Å². The van der Waals surface area contributed by atoms with Gasteiger partial charge >= 0.3 is 6.18 Å². The summed E-state index contributed by atoms with van der Waals surface area (Å²) < 4.78 is 45.5. The molecule has 1 fully saturated rings. The highest BCUT2D eigenvalue weighted by molar-refractivity contribution is 5.56. The van der Waals surface area contributed by atoms with Gasteiger partial charge in [-0.1, -0.05) is 24.3 Å². The van der Waals surface area contributed by atoms with E-state index in [4.69, 9.17) is 4.74 Å². The molecule has 2 heterocycles. The van der Waals surface area contributed by atoms with Crippen molar-refractivity contribution in [3.63, 3.8) is 0 Å². The molecule has 0 atom stereocenters. The highest BCUT2D eigenvalue weighted by Crippen LogP contribution is 2.40. The van der Waals surface area contributed by atoms with Gasteiger partial charge < -0.3 is 9.30 Å². The highest BCUT2D eigenvalue weighted by Gasteiger charge is 2.34. The maximum Gasteiger partial charge on any atom is 0.434 e. The number of aryl methyl sites for hydroxylation is 1. The van der Waals surface area contributed by atoms with Crippen LogP contribution in [0, 0.1) is 0 Å². The summed E-state index contributed by atoms with van der Waals surface area (Å²) in [6.07, 6.45) is 2.34. The van der Waals surface area contributed by atoms with E-state index in [2.05, 4.69) is 20.3 Å². The number of benzene rings is 1. The Bertz CT molecular complexity index is 997. The quantitative estimate of drug-likeness (QED) is 0.443. The van der Waals surface area contributed by atoms with Crippen LogP contribution < -0.4 is 5.32 Å². The number of halogens is 3. The largest absolute Gasteiger partial charge is 0.434 e. The van der Waals surface area contributed by atoms with E-state index in [-0.39, 0.29) is 5.82 Å². The summed E-state index contributed by atoms with van der Waals surface area (Å²) in [5.41, 5.74) is 2.86. The molecule has 4 rings (SSSR count). The maximum atomic E-state index is 12.8. The number of nitrogens with one attached hydrogen (secondary N) is 1. The number of hydrogen-bond donors (Lipinski definition) is 1. The fourth-order valence-corrected chi connectivity index (χ4v) is 3.28. The van der Waals surface area contributed by atoms with E-state index in [0.29, 0.717) is 31.4 Å². The zero-order valence-corrected chi connectivity index (χ0v) is 16.5. The lowest BCUT2D eigenvalue weighted by Gasteiger charge is -2.09. The lowest BCUT2D eigenvalue weighted by Crippen LogP contribution is -2.18. The van der Waals surface area contributed by atoms with E-state index < -0.39 is 11.9 Å². The van der Waals surface area contributed by atoms with Gasteiger partial charge in [-0.3, -0.25) is 5.32 Å². The molecule has 158 valence electrons. The standard InChI is InChI=1S/C21H22F3N5O/c1-29-10-18(21(22,23)24)28-20(29)16-4-2-14(3-5-16)11-30-13-26-9-17-8-25-12-27-19(17)15-6-7-15/h2-5,8,10,12,15,26H,6-7,9,11,13H2,1H3. The number of rotatable bonds is 8. The zero-order valence-electron chi connectivity index (χ0n) is 16.5. The number of aromatic nitrogens is 4. The third-order valence-electron chi connectivity index (χ3n) is 4.95. The first kappa shape index (κ1) is 20.5. The Labute approximate surface area is 172 Å². The van der Waals surface area contributed by atoms with Gasteiger partial charge in [-0.05, 0) is 18.4 Å². The second kappa shape index (κ2) is 8.53. The minimum atomic E-state index is -4.46.